The molecule has 1 aliphatic heterocycles. The van der Waals surface area contributed by atoms with Crippen LogP contribution in [0.3, 0.4) is 0 Å². The van der Waals surface area contributed by atoms with Crippen LogP contribution in [0.4, 0.5) is 0 Å². The molecule has 0 radical (unpaired) electrons. The fourth-order valence-electron chi connectivity index (χ4n) is 2.36. The molecule has 98 valence electrons. The molecular formula is C15H21NO2. The van der Waals surface area contributed by atoms with Crippen LogP contribution in [0.25, 0.3) is 0 Å². The lowest BCUT2D eigenvalue weighted by Crippen LogP contribution is -2.34. The molecule has 18 heavy (non-hydrogen) atoms. The summed E-state index contributed by atoms with van der Waals surface area (Å²) >= 11 is 0. The number of carbonyl (C=O) groups excluding carboxylic acids is 1. The van der Waals surface area contributed by atoms with Gasteiger partial charge in [0, 0.05) is 12.5 Å². The van der Waals surface area contributed by atoms with Crippen molar-refractivity contribution >= 4 is 5.91 Å². The molecule has 1 aromatic carbocycles. The summed E-state index contributed by atoms with van der Waals surface area (Å²) in [4.78, 5) is 13.5. The third-order valence-electron chi connectivity index (χ3n) is 3.77. The molecule has 1 atom stereocenters. The Bertz CT molecular complexity index is 442. The van der Waals surface area contributed by atoms with E-state index in [9.17, 15) is 4.79 Å². The van der Waals surface area contributed by atoms with Gasteiger partial charge in [-0.2, -0.15) is 0 Å². The van der Waals surface area contributed by atoms with E-state index in [0.717, 1.165) is 12.2 Å². The van der Waals surface area contributed by atoms with Crippen molar-refractivity contribution in [1.29, 1.82) is 0 Å². The number of amides is 1. The first kappa shape index (κ1) is 12.9. The van der Waals surface area contributed by atoms with Crippen LogP contribution in [0.2, 0.25) is 0 Å². The average Bonchev–Trinajstić information content (AvgIpc) is 2.66. The zero-order chi connectivity index (χ0) is 13.1. The van der Waals surface area contributed by atoms with Crippen LogP contribution >= 0.6 is 0 Å². The normalized spacial score (nSPS) is 19.4. The number of benzene rings is 1. The maximum Gasteiger partial charge on any atom is 0.223 e. The third-order valence-corrected chi connectivity index (χ3v) is 3.77. The Morgan fingerprint density at radius 3 is 2.83 bits per heavy atom. The molecule has 0 N–H and O–H groups in total. The predicted molar refractivity (Wildman–Crippen MR) is 71.8 cm³/mol. The van der Waals surface area contributed by atoms with Gasteiger partial charge in [-0.1, -0.05) is 12.1 Å². The first-order valence-corrected chi connectivity index (χ1v) is 6.58. The van der Waals surface area contributed by atoms with Crippen LogP contribution in [0.15, 0.2) is 18.2 Å². The van der Waals surface area contributed by atoms with Gasteiger partial charge in [0.1, 0.15) is 12.4 Å². The maximum absolute atomic E-state index is 11.6. The SMILES string of the molecule is Cc1cccc(OCCN2C(=O)CC[C@H]2C)c1C. The van der Waals surface area contributed by atoms with Crippen LogP contribution in [0, 0.1) is 13.8 Å². The molecule has 0 saturated carbocycles. The van der Waals surface area contributed by atoms with Crippen LogP contribution in [-0.4, -0.2) is 30.0 Å². The molecular weight excluding hydrogens is 226 g/mol. The smallest absolute Gasteiger partial charge is 0.223 e. The summed E-state index contributed by atoms with van der Waals surface area (Å²) in [7, 11) is 0. The second kappa shape index (κ2) is 5.42. The number of ether oxygens (including phenoxy) is 1. The molecule has 3 nitrogen and oxygen atoms in total. The highest BCUT2D eigenvalue weighted by molar-refractivity contribution is 5.78. The topological polar surface area (TPSA) is 29.5 Å². The highest BCUT2D eigenvalue weighted by Crippen LogP contribution is 2.21. The van der Waals surface area contributed by atoms with Gasteiger partial charge in [0.15, 0.2) is 0 Å². The van der Waals surface area contributed by atoms with Crippen molar-refractivity contribution in [1.82, 2.24) is 4.90 Å². The predicted octanol–water partition coefficient (Wildman–Crippen LogP) is 2.69. The van der Waals surface area contributed by atoms with E-state index >= 15 is 0 Å². The lowest BCUT2D eigenvalue weighted by Gasteiger charge is -2.22. The zero-order valence-electron chi connectivity index (χ0n) is 11.4. The number of hydrogen-bond donors (Lipinski definition) is 0. The van der Waals surface area contributed by atoms with Gasteiger partial charge in [0.2, 0.25) is 5.91 Å². The molecule has 0 aliphatic carbocycles. The van der Waals surface area contributed by atoms with Gasteiger partial charge in [-0.15, -0.1) is 0 Å². The van der Waals surface area contributed by atoms with Gasteiger partial charge in [0.25, 0.3) is 0 Å². The summed E-state index contributed by atoms with van der Waals surface area (Å²) in [6.45, 7) is 7.50. The first-order chi connectivity index (χ1) is 8.59. The van der Waals surface area contributed by atoms with Crippen LogP contribution in [0.5, 0.6) is 5.75 Å². The minimum Gasteiger partial charge on any atom is -0.491 e. The second-order valence-electron chi connectivity index (χ2n) is 5.02. The molecule has 0 bridgehead atoms. The summed E-state index contributed by atoms with van der Waals surface area (Å²) in [5.74, 6) is 1.18. The molecule has 0 aromatic heterocycles. The average molecular weight is 247 g/mol. The Labute approximate surface area is 109 Å². The number of aryl methyl sites for hydroxylation is 1. The Kier molecular flexibility index (Phi) is 3.90. The fraction of sp³-hybridized carbons (Fsp3) is 0.533. The van der Waals surface area contributed by atoms with E-state index in [1.807, 2.05) is 17.0 Å². The molecule has 0 unspecified atom stereocenters. The Morgan fingerprint density at radius 1 is 1.39 bits per heavy atom. The largest absolute Gasteiger partial charge is 0.491 e. The third kappa shape index (κ3) is 2.66. The zero-order valence-corrected chi connectivity index (χ0v) is 11.4. The van der Waals surface area contributed by atoms with Crippen molar-refractivity contribution < 1.29 is 9.53 Å². The lowest BCUT2D eigenvalue weighted by molar-refractivity contribution is -0.129. The Balaban J connectivity index is 1.89. The maximum atomic E-state index is 11.6. The van der Waals surface area contributed by atoms with Gasteiger partial charge < -0.3 is 9.64 Å². The molecule has 2 rings (SSSR count). The van der Waals surface area contributed by atoms with E-state index in [2.05, 4.69) is 26.8 Å². The summed E-state index contributed by atoms with van der Waals surface area (Å²) in [6.07, 6.45) is 1.66. The first-order valence-electron chi connectivity index (χ1n) is 6.58. The Hall–Kier alpha value is -1.51. The van der Waals surface area contributed by atoms with Crippen molar-refractivity contribution in [3.8, 4) is 5.75 Å². The highest BCUT2D eigenvalue weighted by atomic mass is 16.5. The van der Waals surface area contributed by atoms with Gasteiger partial charge in [0.05, 0.1) is 6.54 Å². The number of hydrogen-bond acceptors (Lipinski definition) is 2. The highest BCUT2D eigenvalue weighted by Gasteiger charge is 2.26. The van der Waals surface area contributed by atoms with E-state index in [0.29, 0.717) is 25.6 Å². The van der Waals surface area contributed by atoms with Crippen LogP contribution in [-0.2, 0) is 4.79 Å². The number of likely N-dealkylation sites (tertiary alicyclic amines) is 1. The van der Waals surface area contributed by atoms with Crippen molar-refractivity contribution in [3.63, 3.8) is 0 Å². The van der Waals surface area contributed by atoms with E-state index < -0.39 is 0 Å². The fourth-order valence-corrected chi connectivity index (χ4v) is 2.36. The molecule has 1 amide bonds. The summed E-state index contributed by atoms with van der Waals surface area (Å²) in [5.41, 5.74) is 2.41. The Morgan fingerprint density at radius 2 is 2.17 bits per heavy atom. The van der Waals surface area contributed by atoms with Crippen molar-refractivity contribution in [2.75, 3.05) is 13.2 Å². The minimum absolute atomic E-state index is 0.257. The molecule has 0 spiro atoms. The number of carbonyl (C=O) groups is 1. The van der Waals surface area contributed by atoms with E-state index in [-0.39, 0.29) is 5.91 Å². The standard InChI is InChI=1S/C15H21NO2/c1-11-5-4-6-14(13(11)3)18-10-9-16-12(2)7-8-15(16)17/h4-6,12H,7-10H2,1-3H3/t12-/m1/s1. The molecule has 1 fully saturated rings. The van der Waals surface area contributed by atoms with Crippen LogP contribution in [0.1, 0.15) is 30.9 Å². The second-order valence-corrected chi connectivity index (χ2v) is 5.02. The summed E-state index contributed by atoms with van der Waals surface area (Å²) in [5, 5.41) is 0. The van der Waals surface area contributed by atoms with E-state index in [4.69, 9.17) is 4.74 Å². The number of rotatable bonds is 4. The molecule has 1 saturated heterocycles. The summed E-state index contributed by atoms with van der Waals surface area (Å²) in [6, 6.07) is 6.42. The van der Waals surface area contributed by atoms with Crippen LogP contribution < -0.4 is 4.74 Å². The molecule has 1 aliphatic rings. The monoisotopic (exact) mass is 247 g/mol. The van der Waals surface area contributed by atoms with Crippen molar-refractivity contribution in [2.45, 2.75) is 39.7 Å². The lowest BCUT2D eigenvalue weighted by atomic mass is 10.1. The van der Waals surface area contributed by atoms with Crippen molar-refractivity contribution in [2.24, 2.45) is 0 Å². The van der Waals surface area contributed by atoms with Gasteiger partial charge >= 0.3 is 0 Å². The van der Waals surface area contributed by atoms with Gasteiger partial charge in [-0.3, -0.25) is 4.79 Å². The van der Waals surface area contributed by atoms with Crippen molar-refractivity contribution in [3.05, 3.63) is 29.3 Å². The molecule has 3 heteroatoms. The van der Waals surface area contributed by atoms with E-state index in [1.54, 1.807) is 0 Å². The molecule has 1 heterocycles. The molecule has 1 aromatic rings. The summed E-state index contributed by atoms with van der Waals surface area (Å²) < 4.78 is 5.78. The van der Waals surface area contributed by atoms with Gasteiger partial charge in [-0.25, -0.2) is 0 Å². The number of nitrogens with zero attached hydrogens (tertiary/aromatic N) is 1. The minimum atomic E-state index is 0.257. The van der Waals surface area contributed by atoms with Gasteiger partial charge in [-0.05, 0) is 44.4 Å². The van der Waals surface area contributed by atoms with E-state index in [1.165, 1.54) is 11.1 Å². The quantitative estimate of drug-likeness (QED) is 0.818.